The molecule has 0 radical (unpaired) electrons. The molecule has 6 nitrogen and oxygen atoms in total. The minimum atomic E-state index is -3.70. The third-order valence-electron chi connectivity index (χ3n) is 3.54. The number of hydrogen-bond donors (Lipinski definition) is 3. The van der Waals surface area contributed by atoms with Crippen molar-refractivity contribution < 1.29 is 13.2 Å². The number of fused-ring (bicyclic) bond motifs is 1. The van der Waals surface area contributed by atoms with Gasteiger partial charge in [0.2, 0.25) is 10.0 Å². The number of para-hydroxylation sites is 1. The fraction of sp³-hybridized carbons (Fsp3) is 0.0625. The van der Waals surface area contributed by atoms with Gasteiger partial charge in [-0.05, 0) is 23.8 Å². The molecule has 0 spiro atoms. The Labute approximate surface area is 133 Å². The van der Waals surface area contributed by atoms with Crippen LogP contribution in [0.3, 0.4) is 0 Å². The second kappa shape index (κ2) is 5.86. The van der Waals surface area contributed by atoms with Crippen LogP contribution in [-0.2, 0) is 16.6 Å². The third-order valence-corrected chi connectivity index (χ3v) is 4.47. The third kappa shape index (κ3) is 3.25. The van der Waals surface area contributed by atoms with E-state index in [0.29, 0.717) is 12.1 Å². The summed E-state index contributed by atoms with van der Waals surface area (Å²) < 4.78 is 22.4. The van der Waals surface area contributed by atoms with Gasteiger partial charge in [-0.1, -0.05) is 30.3 Å². The van der Waals surface area contributed by atoms with Crippen molar-refractivity contribution in [1.29, 1.82) is 0 Å². The zero-order chi connectivity index (χ0) is 16.4. The lowest BCUT2D eigenvalue weighted by Crippen LogP contribution is -2.22. The Morgan fingerprint density at radius 3 is 2.48 bits per heavy atom. The summed E-state index contributed by atoms with van der Waals surface area (Å²) in [5.74, 6) is -0.196. The van der Waals surface area contributed by atoms with Gasteiger partial charge >= 0.3 is 0 Å². The van der Waals surface area contributed by atoms with Crippen molar-refractivity contribution >= 4 is 26.8 Å². The van der Waals surface area contributed by atoms with Gasteiger partial charge in [-0.3, -0.25) is 4.79 Å². The number of benzene rings is 2. The highest BCUT2D eigenvalue weighted by Crippen LogP contribution is 2.17. The molecule has 0 saturated carbocycles. The largest absolute Gasteiger partial charge is 0.360 e. The molecule has 0 unspecified atom stereocenters. The summed E-state index contributed by atoms with van der Waals surface area (Å²) >= 11 is 0. The minimum Gasteiger partial charge on any atom is -0.360 e. The summed E-state index contributed by atoms with van der Waals surface area (Å²) in [6.07, 6.45) is 1.67. The van der Waals surface area contributed by atoms with Gasteiger partial charge in [0.25, 0.3) is 5.91 Å². The summed E-state index contributed by atoms with van der Waals surface area (Å²) in [4.78, 5) is 15.4. The summed E-state index contributed by atoms with van der Waals surface area (Å²) in [7, 11) is -3.70. The molecule has 1 amide bonds. The van der Waals surface area contributed by atoms with Crippen molar-refractivity contribution in [3.63, 3.8) is 0 Å². The molecule has 2 aromatic carbocycles. The van der Waals surface area contributed by atoms with Crippen LogP contribution in [-0.4, -0.2) is 19.3 Å². The predicted octanol–water partition coefficient (Wildman–Crippen LogP) is 1.75. The second-order valence-electron chi connectivity index (χ2n) is 5.12. The van der Waals surface area contributed by atoms with Gasteiger partial charge < -0.3 is 10.3 Å². The Balaban J connectivity index is 1.72. The van der Waals surface area contributed by atoms with E-state index >= 15 is 0 Å². The lowest BCUT2D eigenvalue weighted by Gasteiger charge is -2.05. The Hall–Kier alpha value is -2.64. The van der Waals surface area contributed by atoms with Gasteiger partial charge in [-0.2, -0.15) is 0 Å². The number of aromatic nitrogens is 1. The SMILES string of the molecule is NS(=O)(=O)c1ccc(CNC(=O)c2c[nH]c3ccccc23)cc1. The summed E-state index contributed by atoms with van der Waals surface area (Å²) in [6, 6.07) is 13.6. The van der Waals surface area contributed by atoms with Crippen LogP contribution in [0.1, 0.15) is 15.9 Å². The molecule has 0 bridgehead atoms. The standard InChI is InChI=1S/C16H15N3O3S/c17-23(21,22)12-7-5-11(6-8-12)9-19-16(20)14-10-18-15-4-2-1-3-13(14)15/h1-8,10,18H,9H2,(H,19,20)(H2,17,21,22). The molecule has 0 aliphatic carbocycles. The molecule has 0 atom stereocenters. The summed E-state index contributed by atoms with van der Waals surface area (Å²) in [5, 5.41) is 8.71. The van der Waals surface area contributed by atoms with Crippen LogP contribution in [0, 0.1) is 0 Å². The highest BCUT2D eigenvalue weighted by Gasteiger charge is 2.11. The molecule has 0 aliphatic rings. The smallest absolute Gasteiger partial charge is 0.253 e. The number of nitrogens with one attached hydrogen (secondary N) is 2. The molecular weight excluding hydrogens is 314 g/mol. The van der Waals surface area contributed by atoms with E-state index in [1.54, 1.807) is 18.3 Å². The molecule has 118 valence electrons. The molecule has 4 N–H and O–H groups in total. The van der Waals surface area contributed by atoms with E-state index in [1.807, 2.05) is 24.3 Å². The van der Waals surface area contributed by atoms with Crippen LogP contribution < -0.4 is 10.5 Å². The predicted molar refractivity (Wildman–Crippen MR) is 87.3 cm³/mol. The topological polar surface area (TPSA) is 105 Å². The van der Waals surface area contributed by atoms with Crippen molar-refractivity contribution in [2.24, 2.45) is 5.14 Å². The first-order valence-electron chi connectivity index (χ1n) is 6.91. The monoisotopic (exact) mass is 329 g/mol. The first-order valence-corrected chi connectivity index (χ1v) is 8.46. The van der Waals surface area contributed by atoms with E-state index in [4.69, 9.17) is 5.14 Å². The van der Waals surface area contributed by atoms with Gasteiger partial charge in [-0.15, -0.1) is 0 Å². The molecule has 3 rings (SSSR count). The van der Waals surface area contributed by atoms with E-state index in [9.17, 15) is 13.2 Å². The fourth-order valence-corrected chi connectivity index (χ4v) is 2.85. The first kappa shape index (κ1) is 15.3. The van der Waals surface area contributed by atoms with Crippen LogP contribution in [0.15, 0.2) is 59.6 Å². The number of H-pyrrole nitrogens is 1. The van der Waals surface area contributed by atoms with Gasteiger partial charge in [-0.25, -0.2) is 13.6 Å². The normalized spacial score (nSPS) is 11.5. The average molecular weight is 329 g/mol. The maximum Gasteiger partial charge on any atom is 0.253 e. The highest BCUT2D eigenvalue weighted by molar-refractivity contribution is 7.89. The van der Waals surface area contributed by atoms with Gasteiger partial charge in [0.1, 0.15) is 0 Å². The Morgan fingerprint density at radius 1 is 1.09 bits per heavy atom. The Morgan fingerprint density at radius 2 is 1.78 bits per heavy atom. The lowest BCUT2D eigenvalue weighted by atomic mass is 10.1. The molecule has 1 heterocycles. The van der Waals surface area contributed by atoms with Gasteiger partial charge in [0.05, 0.1) is 10.5 Å². The van der Waals surface area contributed by atoms with Gasteiger partial charge in [0, 0.05) is 23.6 Å². The number of aromatic amines is 1. The quantitative estimate of drug-likeness (QED) is 0.679. The van der Waals surface area contributed by atoms with E-state index in [2.05, 4.69) is 10.3 Å². The van der Waals surface area contributed by atoms with Crippen LogP contribution >= 0.6 is 0 Å². The summed E-state index contributed by atoms with van der Waals surface area (Å²) in [5.41, 5.74) is 2.25. The maximum absolute atomic E-state index is 12.3. The molecule has 0 saturated heterocycles. The first-order chi connectivity index (χ1) is 10.9. The number of hydrogen-bond acceptors (Lipinski definition) is 3. The molecule has 1 aromatic heterocycles. The zero-order valence-corrected chi connectivity index (χ0v) is 12.9. The van der Waals surface area contributed by atoms with E-state index < -0.39 is 10.0 Å². The molecule has 3 aromatic rings. The molecule has 0 aliphatic heterocycles. The number of primary sulfonamides is 1. The minimum absolute atomic E-state index is 0.0456. The van der Waals surface area contributed by atoms with Crippen LogP contribution in [0.2, 0.25) is 0 Å². The van der Waals surface area contributed by atoms with Crippen molar-refractivity contribution in [2.75, 3.05) is 0 Å². The molecule has 0 fully saturated rings. The number of rotatable bonds is 4. The van der Waals surface area contributed by atoms with E-state index in [0.717, 1.165) is 16.5 Å². The van der Waals surface area contributed by atoms with E-state index in [-0.39, 0.29) is 10.8 Å². The van der Waals surface area contributed by atoms with Crippen LogP contribution in [0.5, 0.6) is 0 Å². The maximum atomic E-state index is 12.3. The number of nitrogens with two attached hydrogens (primary N) is 1. The average Bonchev–Trinajstić information content (AvgIpc) is 2.96. The van der Waals surface area contributed by atoms with Crippen LogP contribution in [0.4, 0.5) is 0 Å². The number of amides is 1. The van der Waals surface area contributed by atoms with Crippen molar-refractivity contribution in [2.45, 2.75) is 11.4 Å². The second-order valence-corrected chi connectivity index (χ2v) is 6.68. The number of sulfonamides is 1. The number of carbonyl (C=O) groups excluding carboxylic acids is 1. The highest BCUT2D eigenvalue weighted by atomic mass is 32.2. The van der Waals surface area contributed by atoms with Crippen LogP contribution in [0.25, 0.3) is 10.9 Å². The lowest BCUT2D eigenvalue weighted by molar-refractivity contribution is 0.0952. The zero-order valence-electron chi connectivity index (χ0n) is 12.1. The Kier molecular flexibility index (Phi) is 3.89. The Bertz CT molecular complexity index is 960. The summed E-state index contributed by atoms with van der Waals surface area (Å²) in [6.45, 7) is 0.295. The van der Waals surface area contributed by atoms with Crippen molar-refractivity contribution in [3.8, 4) is 0 Å². The fourth-order valence-electron chi connectivity index (χ4n) is 2.33. The number of carbonyl (C=O) groups is 1. The van der Waals surface area contributed by atoms with Gasteiger partial charge in [0.15, 0.2) is 0 Å². The molecule has 23 heavy (non-hydrogen) atoms. The van der Waals surface area contributed by atoms with E-state index in [1.165, 1.54) is 12.1 Å². The van der Waals surface area contributed by atoms with Crippen molar-refractivity contribution in [3.05, 3.63) is 65.9 Å². The molecule has 7 heteroatoms. The molecular formula is C16H15N3O3S. The van der Waals surface area contributed by atoms with Crippen molar-refractivity contribution in [1.82, 2.24) is 10.3 Å².